The number of hydrogen-bond donors (Lipinski definition) is 0. The first-order chi connectivity index (χ1) is 32.9. The van der Waals surface area contributed by atoms with Crippen LogP contribution in [0.15, 0.2) is 97.1 Å². The first-order valence-corrected chi connectivity index (χ1v) is 25.8. The van der Waals surface area contributed by atoms with Crippen LogP contribution in [0.25, 0.3) is 0 Å². The Morgan fingerprint density at radius 1 is 0.441 bits per heavy atom. The number of hydrogen-bond acceptors (Lipinski definition) is 2. The second-order valence-electron chi connectivity index (χ2n) is 26.6. The van der Waals surface area contributed by atoms with Crippen LogP contribution in [0.2, 0.25) is 0 Å². The number of fused-ring (bicyclic) bond motifs is 7. The van der Waals surface area contributed by atoms with Crippen LogP contribution in [-0.2, 0) is 37.9 Å². The number of aryl methyl sites for hydroxylation is 3. The molecule has 68 heavy (non-hydrogen) atoms. The van der Waals surface area contributed by atoms with Crippen LogP contribution in [0, 0.1) is 20.7 Å². The van der Waals surface area contributed by atoms with Gasteiger partial charge < -0.3 is 9.80 Å². The molecule has 0 fully saturated rings. The van der Waals surface area contributed by atoms with Crippen molar-refractivity contribution >= 4 is 57.2 Å². The van der Waals surface area contributed by atoms with Crippen molar-refractivity contribution in [3.05, 3.63) is 158 Å². The van der Waals surface area contributed by atoms with E-state index >= 15 is 0 Å². The Hall–Kier alpha value is -5.02. The summed E-state index contributed by atoms with van der Waals surface area (Å²) in [4.78, 5) is 5.02. The van der Waals surface area contributed by atoms with Crippen molar-refractivity contribution in [1.82, 2.24) is 0 Å². The Kier molecular flexibility index (Phi) is 8.81. The lowest BCUT2D eigenvalue weighted by molar-refractivity contribution is 0.332. The zero-order chi connectivity index (χ0) is 51.1. The minimum absolute atomic E-state index is 0.0269. The molecular formula is C65H77BN2. The van der Waals surface area contributed by atoms with E-state index in [2.05, 4.69) is 212 Å². The topological polar surface area (TPSA) is 6.48 Å². The molecular weight excluding hydrogens is 820 g/mol. The van der Waals surface area contributed by atoms with E-state index in [1.165, 1.54) is 77.7 Å². The van der Waals surface area contributed by atoms with Crippen LogP contribution < -0.4 is 26.2 Å². The predicted octanol–water partition coefficient (Wildman–Crippen LogP) is 15.7. The molecule has 0 amide bonds. The maximum atomic E-state index is 9.26. The first-order valence-electron chi connectivity index (χ1n) is 27.3. The Morgan fingerprint density at radius 3 is 1.38 bits per heavy atom. The van der Waals surface area contributed by atoms with Gasteiger partial charge in [-0.15, -0.1) is 0 Å². The van der Waals surface area contributed by atoms with E-state index in [1.54, 1.807) is 0 Å². The molecule has 3 heteroatoms. The minimum atomic E-state index is -2.36. The summed E-state index contributed by atoms with van der Waals surface area (Å²) >= 11 is 0. The van der Waals surface area contributed by atoms with E-state index in [-0.39, 0.29) is 44.6 Å². The number of rotatable bonds is 4. The van der Waals surface area contributed by atoms with Crippen LogP contribution >= 0.6 is 0 Å². The molecule has 2 aliphatic heterocycles. The van der Waals surface area contributed by atoms with Gasteiger partial charge in [-0.25, -0.2) is 0 Å². The molecule has 0 unspecified atom stereocenters. The van der Waals surface area contributed by atoms with E-state index in [4.69, 9.17) is 0 Å². The highest BCUT2D eigenvalue weighted by atomic mass is 15.2. The van der Waals surface area contributed by atoms with E-state index in [9.17, 15) is 4.11 Å². The zero-order valence-corrected chi connectivity index (χ0v) is 44.2. The Labute approximate surface area is 415 Å². The maximum Gasteiger partial charge on any atom is 0.252 e. The predicted molar refractivity (Wildman–Crippen MR) is 294 cm³/mol. The molecule has 6 aromatic carbocycles. The quantitative estimate of drug-likeness (QED) is 0.162. The zero-order valence-electron chi connectivity index (χ0n) is 47.2. The average Bonchev–Trinajstić information content (AvgIpc) is 3.47. The van der Waals surface area contributed by atoms with Gasteiger partial charge in [0.05, 0.1) is 0 Å². The SMILES string of the molecule is [2H]C([2H])([2H])c1cc2c3c(c1)N(c1cc4c(cc1C)C(C)(C)CC4(C)C)c1cc4c(cc1B3c1cc(C(C)(C)c3ccccc3)ccc1N2c1cc2c(cc1C)C(C)(C)CCC2(C)C)C(C)(C)CCC4(C)C. The van der Waals surface area contributed by atoms with Crippen LogP contribution in [0.3, 0.4) is 0 Å². The molecule has 0 bridgehead atoms. The normalized spacial score (nSPS) is 21.3. The highest BCUT2D eigenvalue weighted by Crippen LogP contribution is 2.56. The van der Waals surface area contributed by atoms with Crippen LogP contribution in [-0.4, -0.2) is 6.71 Å². The van der Waals surface area contributed by atoms with Crippen molar-refractivity contribution in [2.75, 3.05) is 9.80 Å². The lowest BCUT2D eigenvalue weighted by atomic mass is 9.33. The van der Waals surface area contributed by atoms with Crippen molar-refractivity contribution in [1.29, 1.82) is 0 Å². The Morgan fingerprint density at radius 2 is 0.868 bits per heavy atom. The van der Waals surface area contributed by atoms with Gasteiger partial charge in [-0.05, 0) is 199 Å². The molecule has 2 nitrogen and oxygen atoms in total. The number of benzene rings is 6. The molecule has 6 aromatic rings. The molecule has 0 saturated heterocycles. The summed E-state index contributed by atoms with van der Waals surface area (Å²) in [6.45, 7) is 35.8. The van der Waals surface area contributed by atoms with E-state index < -0.39 is 6.85 Å². The average molecular weight is 900 g/mol. The highest BCUT2D eigenvalue weighted by Gasteiger charge is 2.49. The summed E-state index contributed by atoms with van der Waals surface area (Å²) in [7, 11) is 0. The van der Waals surface area contributed by atoms with Gasteiger partial charge in [0.15, 0.2) is 0 Å². The fraction of sp³-hybridized carbons (Fsp3) is 0.446. The molecule has 5 aliphatic rings. The number of anilines is 6. The Bertz CT molecular complexity index is 3240. The fourth-order valence-corrected chi connectivity index (χ4v) is 14.3. The third kappa shape index (κ3) is 6.48. The molecule has 0 spiro atoms. The van der Waals surface area contributed by atoms with Gasteiger partial charge in [0.2, 0.25) is 0 Å². The lowest BCUT2D eigenvalue weighted by Crippen LogP contribution is -2.62. The van der Waals surface area contributed by atoms with Gasteiger partial charge in [-0.1, -0.05) is 158 Å². The largest absolute Gasteiger partial charge is 0.311 e. The van der Waals surface area contributed by atoms with Crippen molar-refractivity contribution in [2.45, 2.75) is 188 Å². The minimum Gasteiger partial charge on any atom is -0.311 e. The third-order valence-corrected chi connectivity index (χ3v) is 18.6. The Balaban J connectivity index is 1.30. The van der Waals surface area contributed by atoms with E-state index in [1.807, 2.05) is 6.07 Å². The third-order valence-electron chi connectivity index (χ3n) is 18.6. The van der Waals surface area contributed by atoms with Crippen LogP contribution in [0.5, 0.6) is 0 Å². The van der Waals surface area contributed by atoms with Crippen molar-refractivity contribution < 1.29 is 4.11 Å². The molecule has 0 radical (unpaired) electrons. The van der Waals surface area contributed by atoms with Gasteiger partial charge in [0, 0.05) is 43.7 Å². The molecule has 0 aromatic heterocycles. The summed E-state index contributed by atoms with van der Waals surface area (Å²) in [5, 5.41) is 0. The molecule has 11 rings (SSSR count). The van der Waals surface area contributed by atoms with Gasteiger partial charge in [-0.2, -0.15) is 0 Å². The van der Waals surface area contributed by atoms with Gasteiger partial charge >= 0.3 is 0 Å². The van der Waals surface area contributed by atoms with Crippen molar-refractivity contribution in [2.24, 2.45) is 0 Å². The molecule has 0 saturated carbocycles. The number of nitrogens with zero attached hydrogens (tertiary/aromatic N) is 2. The summed E-state index contributed by atoms with van der Waals surface area (Å²) in [6.07, 6.45) is 5.53. The van der Waals surface area contributed by atoms with Gasteiger partial charge in [0.1, 0.15) is 0 Å². The fourth-order valence-electron chi connectivity index (χ4n) is 14.3. The summed E-state index contributed by atoms with van der Waals surface area (Å²) in [5.41, 5.74) is 23.7. The van der Waals surface area contributed by atoms with Crippen molar-refractivity contribution in [3.8, 4) is 0 Å². The summed E-state index contributed by atoms with van der Waals surface area (Å²) < 4.78 is 27.8. The van der Waals surface area contributed by atoms with E-state index in [0.717, 1.165) is 60.5 Å². The molecule has 0 atom stereocenters. The summed E-state index contributed by atoms with van der Waals surface area (Å²) in [5.74, 6) is 0. The molecule has 2 heterocycles. The van der Waals surface area contributed by atoms with Crippen molar-refractivity contribution in [3.63, 3.8) is 0 Å². The van der Waals surface area contributed by atoms with Gasteiger partial charge in [0.25, 0.3) is 6.71 Å². The highest BCUT2D eigenvalue weighted by molar-refractivity contribution is 7.00. The summed E-state index contributed by atoms with van der Waals surface area (Å²) in [6, 6.07) is 37.4. The van der Waals surface area contributed by atoms with Gasteiger partial charge in [-0.3, -0.25) is 0 Å². The van der Waals surface area contributed by atoms with E-state index in [0.29, 0.717) is 5.56 Å². The molecule has 0 N–H and O–H groups in total. The maximum absolute atomic E-state index is 9.26. The standard InChI is InChI=1S/C65H77BN2/c1-39-29-56-58-57(30-39)68(54-36-49-45(32-41(54)3)63(12,13)38-64(49,14)15)55-37-48-46(60(6,7)26-28-62(48,10)11)34-51(55)66(58)50-33-43(65(16,17)42-21-19-18-20-22-42)23-24-52(50)67(56)53-35-47-44(31-40(53)2)59(4,5)25-27-61(47,8)9/h18-24,29-37H,25-28,38H2,1-17H3/i1D3. The van der Waals surface area contributed by atoms with Crippen LogP contribution in [0.4, 0.5) is 34.1 Å². The smallest absolute Gasteiger partial charge is 0.252 e. The van der Waals surface area contributed by atoms with Crippen LogP contribution in [0.1, 0.15) is 194 Å². The lowest BCUT2D eigenvalue weighted by Gasteiger charge is -2.48. The molecule has 3 aliphatic carbocycles. The second-order valence-corrected chi connectivity index (χ2v) is 26.6. The first kappa shape index (κ1) is 41.9. The molecule has 350 valence electrons. The monoisotopic (exact) mass is 900 g/mol. The second kappa shape index (κ2) is 14.3.